The first-order chi connectivity index (χ1) is 11.0. The summed E-state index contributed by atoms with van der Waals surface area (Å²) < 4.78 is 10.2. The fourth-order valence-corrected chi connectivity index (χ4v) is 2.29. The zero-order chi connectivity index (χ0) is 16.8. The maximum Gasteiger partial charge on any atom is 0.344 e. The van der Waals surface area contributed by atoms with Crippen molar-refractivity contribution in [3.05, 3.63) is 63.6 Å². The molecule has 0 atom stereocenters. The van der Waals surface area contributed by atoms with Crippen molar-refractivity contribution in [1.29, 1.82) is 0 Å². The Morgan fingerprint density at radius 3 is 2.48 bits per heavy atom. The fourth-order valence-electron chi connectivity index (χ4n) is 1.93. The van der Waals surface area contributed by atoms with E-state index in [1.165, 1.54) is 6.07 Å². The lowest BCUT2D eigenvalue weighted by Crippen LogP contribution is -2.16. The van der Waals surface area contributed by atoms with Gasteiger partial charge in [0.2, 0.25) is 0 Å². The first-order valence-corrected chi connectivity index (χ1v) is 7.65. The van der Waals surface area contributed by atoms with E-state index in [4.69, 9.17) is 32.7 Å². The predicted octanol–water partition coefficient (Wildman–Crippen LogP) is 4.17. The minimum Gasteiger partial charge on any atom is -0.481 e. The highest BCUT2D eigenvalue weighted by atomic mass is 35.5. The van der Waals surface area contributed by atoms with Crippen LogP contribution < -0.4 is 4.74 Å². The number of rotatable bonds is 6. The summed E-state index contributed by atoms with van der Waals surface area (Å²) in [6, 6.07) is 11.2. The first-order valence-electron chi connectivity index (χ1n) is 6.89. The summed E-state index contributed by atoms with van der Waals surface area (Å²) in [5.41, 5.74) is 0.657. The van der Waals surface area contributed by atoms with Gasteiger partial charge in [0.05, 0.1) is 12.2 Å². The second-order valence-electron chi connectivity index (χ2n) is 4.57. The summed E-state index contributed by atoms with van der Waals surface area (Å²) >= 11 is 11.9. The Morgan fingerprint density at radius 2 is 1.78 bits per heavy atom. The van der Waals surface area contributed by atoms with E-state index in [0.717, 1.165) is 0 Å². The molecule has 2 aromatic rings. The van der Waals surface area contributed by atoms with Gasteiger partial charge in [-0.05, 0) is 37.3 Å². The molecule has 0 aliphatic heterocycles. The molecule has 0 aromatic heterocycles. The van der Waals surface area contributed by atoms with Crippen LogP contribution >= 0.6 is 23.2 Å². The molecule has 0 aliphatic rings. The zero-order valence-corrected chi connectivity index (χ0v) is 13.9. The van der Waals surface area contributed by atoms with E-state index < -0.39 is 5.97 Å². The molecule has 0 bridgehead atoms. The third kappa shape index (κ3) is 4.71. The standard InChI is InChI=1S/C17H14Cl2O4/c1-2-22-16(20)10-23-15-7-6-13(19)9-14(15)17(21)11-4-3-5-12(18)8-11/h3-9H,2,10H2,1H3. The smallest absolute Gasteiger partial charge is 0.344 e. The predicted molar refractivity (Wildman–Crippen MR) is 88.5 cm³/mol. The van der Waals surface area contributed by atoms with Crippen molar-refractivity contribution in [3.8, 4) is 5.75 Å². The van der Waals surface area contributed by atoms with Gasteiger partial charge in [0.1, 0.15) is 5.75 Å². The van der Waals surface area contributed by atoms with Crippen LogP contribution in [0.2, 0.25) is 10.0 Å². The first kappa shape index (κ1) is 17.3. The molecule has 2 aromatic carbocycles. The van der Waals surface area contributed by atoms with Gasteiger partial charge in [-0.15, -0.1) is 0 Å². The van der Waals surface area contributed by atoms with Crippen LogP contribution in [0.25, 0.3) is 0 Å². The van der Waals surface area contributed by atoms with E-state index >= 15 is 0 Å². The lowest BCUT2D eigenvalue weighted by Gasteiger charge is -2.11. The van der Waals surface area contributed by atoms with Crippen molar-refractivity contribution in [2.45, 2.75) is 6.92 Å². The molecule has 0 aliphatic carbocycles. The Balaban J connectivity index is 2.28. The Hall–Kier alpha value is -2.04. The van der Waals surface area contributed by atoms with Crippen LogP contribution in [0.15, 0.2) is 42.5 Å². The highest BCUT2D eigenvalue weighted by Gasteiger charge is 2.17. The van der Waals surface area contributed by atoms with Gasteiger partial charge < -0.3 is 9.47 Å². The van der Waals surface area contributed by atoms with E-state index in [1.54, 1.807) is 43.3 Å². The molecule has 0 saturated carbocycles. The number of carbonyl (C=O) groups is 2. The van der Waals surface area contributed by atoms with Gasteiger partial charge in [-0.2, -0.15) is 0 Å². The summed E-state index contributed by atoms with van der Waals surface area (Å²) in [6.45, 7) is 1.68. The van der Waals surface area contributed by atoms with Crippen LogP contribution in [0.4, 0.5) is 0 Å². The number of ether oxygens (including phenoxy) is 2. The molecule has 0 saturated heterocycles. The van der Waals surface area contributed by atoms with Crippen LogP contribution in [-0.2, 0) is 9.53 Å². The van der Waals surface area contributed by atoms with Crippen molar-refractivity contribution < 1.29 is 19.1 Å². The van der Waals surface area contributed by atoms with E-state index in [1.807, 2.05) is 0 Å². The monoisotopic (exact) mass is 352 g/mol. The normalized spacial score (nSPS) is 10.2. The van der Waals surface area contributed by atoms with Crippen molar-refractivity contribution in [2.75, 3.05) is 13.2 Å². The van der Waals surface area contributed by atoms with Crippen molar-refractivity contribution in [1.82, 2.24) is 0 Å². The quantitative estimate of drug-likeness (QED) is 0.578. The van der Waals surface area contributed by atoms with Gasteiger partial charge in [-0.3, -0.25) is 4.79 Å². The highest BCUT2D eigenvalue weighted by molar-refractivity contribution is 6.32. The number of hydrogen-bond donors (Lipinski definition) is 0. The average molecular weight is 353 g/mol. The molecule has 0 radical (unpaired) electrons. The molecule has 4 nitrogen and oxygen atoms in total. The lowest BCUT2D eigenvalue weighted by atomic mass is 10.0. The molecule has 2 rings (SSSR count). The zero-order valence-electron chi connectivity index (χ0n) is 12.3. The minimum atomic E-state index is -0.511. The number of esters is 1. The molecule has 6 heteroatoms. The maximum absolute atomic E-state index is 12.6. The fraction of sp³-hybridized carbons (Fsp3) is 0.176. The van der Waals surface area contributed by atoms with Gasteiger partial charge in [-0.1, -0.05) is 35.3 Å². The summed E-state index contributed by atoms with van der Waals surface area (Å²) in [4.78, 5) is 24.0. The van der Waals surface area contributed by atoms with Crippen molar-refractivity contribution >= 4 is 35.0 Å². The Kier molecular flexibility index (Phi) is 6.02. The SMILES string of the molecule is CCOC(=O)COc1ccc(Cl)cc1C(=O)c1cccc(Cl)c1. The Morgan fingerprint density at radius 1 is 1.04 bits per heavy atom. The molecule has 0 unspecified atom stereocenters. The van der Waals surface area contributed by atoms with Gasteiger partial charge in [0.25, 0.3) is 0 Å². The number of hydrogen-bond acceptors (Lipinski definition) is 4. The summed E-state index contributed by atoms with van der Waals surface area (Å²) in [6.07, 6.45) is 0. The number of ketones is 1. The summed E-state index contributed by atoms with van der Waals surface area (Å²) in [5.74, 6) is -0.551. The topological polar surface area (TPSA) is 52.6 Å². The summed E-state index contributed by atoms with van der Waals surface area (Å²) in [5, 5.41) is 0.839. The second-order valence-corrected chi connectivity index (χ2v) is 5.45. The highest BCUT2D eigenvalue weighted by Crippen LogP contribution is 2.26. The van der Waals surface area contributed by atoms with Gasteiger partial charge in [0.15, 0.2) is 12.4 Å². The number of carbonyl (C=O) groups excluding carboxylic acids is 2. The average Bonchev–Trinajstić information content (AvgIpc) is 2.53. The molecular weight excluding hydrogens is 339 g/mol. The number of benzene rings is 2. The maximum atomic E-state index is 12.6. The van der Waals surface area contributed by atoms with Crippen LogP contribution in [-0.4, -0.2) is 25.0 Å². The van der Waals surface area contributed by atoms with E-state index in [-0.39, 0.29) is 30.3 Å². The van der Waals surface area contributed by atoms with Gasteiger partial charge >= 0.3 is 5.97 Å². The molecule has 0 amide bonds. The Bertz CT molecular complexity index is 728. The second kappa shape index (κ2) is 7.99. The van der Waals surface area contributed by atoms with Gasteiger partial charge in [0, 0.05) is 15.6 Å². The van der Waals surface area contributed by atoms with Crippen LogP contribution in [0.3, 0.4) is 0 Å². The summed E-state index contributed by atoms with van der Waals surface area (Å²) in [7, 11) is 0. The van der Waals surface area contributed by atoms with E-state index in [2.05, 4.69) is 0 Å². The van der Waals surface area contributed by atoms with E-state index in [0.29, 0.717) is 15.6 Å². The van der Waals surface area contributed by atoms with Crippen LogP contribution in [0, 0.1) is 0 Å². The Labute approximate surface area is 143 Å². The molecule has 23 heavy (non-hydrogen) atoms. The third-order valence-corrected chi connectivity index (χ3v) is 3.39. The molecule has 0 N–H and O–H groups in total. The molecular formula is C17H14Cl2O4. The lowest BCUT2D eigenvalue weighted by molar-refractivity contribution is -0.145. The largest absolute Gasteiger partial charge is 0.481 e. The van der Waals surface area contributed by atoms with Crippen LogP contribution in [0.5, 0.6) is 5.75 Å². The minimum absolute atomic E-state index is 0.254. The van der Waals surface area contributed by atoms with Crippen LogP contribution in [0.1, 0.15) is 22.8 Å². The molecule has 0 spiro atoms. The van der Waals surface area contributed by atoms with Crippen molar-refractivity contribution in [3.63, 3.8) is 0 Å². The van der Waals surface area contributed by atoms with Crippen molar-refractivity contribution in [2.24, 2.45) is 0 Å². The molecule has 120 valence electrons. The van der Waals surface area contributed by atoms with E-state index in [9.17, 15) is 9.59 Å². The van der Waals surface area contributed by atoms with Gasteiger partial charge in [-0.25, -0.2) is 4.79 Å². The number of halogens is 2. The molecule has 0 heterocycles. The third-order valence-electron chi connectivity index (χ3n) is 2.92. The molecule has 0 fully saturated rings.